The predicted molar refractivity (Wildman–Crippen MR) is 110 cm³/mol. The average Bonchev–Trinajstić information content (AvgIpc) is 3.25. The lowest BCUT2D eigenvalue weighted by Crippen LogP contribution is -2.14. The van der Waals surface area contributed by atoms with Gasteiger partial charge in [0.05, 0.1) is 11.4 Å². The van der Waals surface area contributed by atoms with Gasteiger partial charge in [0.2, 0.25) is 5.91 Å². The maximum absolute atomic E-state index is 12.2. The Labute approximate surface area is 161 Å². The monoisotopic (exact) mass is 381 g/mol. The number of carbonyl (C=O) groups excluding carboxylic acids is 1. The number of amides is 1. The first-order valence-corrected chi connectivity index (χ1v) is 10.6. The van der Waals surface area contributed by atoms with Crippen LogP contribution in [-0.4, -0.2) is 27.0 Å². The SMILES string of the molecule is O=C(CSCc1ccccc1)Nc1cccc(-c2cn3c(n2)SCC3)c1. The fourth-order valence-electron chi connectivity index (χ4n) is 2.84. The third-order valence-electron chi connectivity index (χ3n) is 4.09. The van der Waals surface area contributed by atoms with Crippen LogP contribution in [-0.2, 0) is 17.1 Å². The van der Waals surface area contributed by atoms with Crippen molar-refractivity contribution in [3.8, 4) is 11.3 Å². The molecule has 0 unspecified atom stereocenters. The van der Waals surface area contributed by atoms with Gasteiger partial charge < -0.3 is 9.88 Å². The van der Waals surface area contributed by atoms with Gasteiger partial charge in [-0.15, -0.1) is 11.8 Å². The van der Waals surface area contributed by atoms with E-state index in [-0.39, 0.29) is 5.91 Å². The van der Waals surface area contributed by atoms with Crippen molar-refractivity contribution in [2.75, 3.05) is 16.8 Å². The van der Waals surface area contributed by atoms with E-state index in [1.165, 1.54) is 5.56 Å². The zero-order valence-corrected chi connectivity index (χ0v) is 15.9. The Morgan fingerprint density at radius 2 is 2.08 bits per heavy atom. The van der Waals surface area contributed by atoms with Crippen LogP contribution in [0, 0.1) is 0 Å². The number of carbonyl (C=O) groups is 1. The molecule has 1 aliphatic rings. The van der Waals surface area contributed by atoms with Crippen LogP contribution in [0.2, 0.25) is 0 Å². The number of anilines is 1. The Balaban J connectivity index is 1.35. The molecule has 6 heteroatoms. The number of nitrogens with zero attached hydrogens (tertiary/aromatic N) is 2. The van der Waals surface area contributed by atoms with Crippen LogP contribution in [0.3, 0.4) is 0 Å². The fourth-order valence-corrected chi connectivity index (χ4v) is 4.57. The van der Waals surface area contributed by atoms with E-state index in [4.69, 9.17) is 0 Å². The molecule has 0 atom stereocenters. The van der Waals surface area contributed by atoms with Crippen molar-refractivity contribution in [2.45, 2.75) is 17.5 Å². The van der Waals surface area contributed by atoms with Crippen molar-refractivity contribution in [1.29, 1.82) is 0 Å². The Morgan fingerprint density at radius 3 is 2.92 bits per heavy atom. The predicted octanol–water partition coefficient (Wildman–Crippen LogP) is 4.53. The van der Waals surface area contributed by atoms with Crippen LogP contribution < -0.4 is 5.32 Å². The van der Waals surface area contributed by atoms with Crippen molar-refractivity contribution in [2.24, 2.45) is 0 Å². The average molecular weight is 382 g/mol. The highest BCUT2D eigenvalue weighted by Gasteiger charge is 2.15. The minimum atomic E-state index is 0.0194. The van der Waals surface area contributed by atoms with Gasteiger partial charge >= 0.3 is 0 Å². The zero-order chi connectivity index (χ0) is 17.8. The number of fused-ring (bicyclic) bond motifs is 1. The van der Waals surface area contributed by atoms with Crippen LogP contribution >= 0.6 is 23.5 Å². The van der Waals surface area contributed by atoms with E-state index in [0.717, 1.165) is 40.2 Å². The van der Waals surface area contributed by atoms with Gasteiger partial charge in [0, 0.05) is 35.5 Å². The van der Waals surface area contributed by atoms with Crippen LogP contribution in [0.5, 0.6) is 0 Å². The Hall–Kier alpha value is -2.18. The first-order valence-electron chi connectivity index (χ1n) is 8.50. The number of thioether (sulfide) groups is 2. The number of nitrogens with one attached hydrogen (secondary N) is 1. The summed E-state index contributed by atoms with van der Waals surface area (Å²) < 4.78 is 2.19. The molecule has 2 heterocycles. The second kappa shape index (κ2) is 8.01. The summed E-state index contributed by atoms with van der Waals surface area (Å²) in [5.41, 5.74) is 4.04. The van der Waals surface area contributed by atoms with Gasteiger partial charge in [0.25, 0.3) is 0 Å². The molecular weight excluding hydrogens is 362 g/mol. The summed E-state index contributed by atoms with van der Waals surface area (Å²) >= 11 is 3.40. The third-order valence-corrected chi connectivity index (χ3v) is 6.06. The quantitative estimate of drug-likeness (QED) is 0.682. The van der Waals surface area contributed by atoms with Crippen molar-refractivity contribution >= 4 is 35.1 Å². The molecule has 0 saturated heterocycles. The van der Waals surface area contributed by atoms with Crippen LogP contribution in [0.25, 0.3) is 11.3 Å². The molecule has 132 valence electrons. The molecule has 0 bridgehead atoms. The van der Waals surface area contributed by atoms with E-state index in [1.54, 1.807) is 23.5 Å². The number of rotatable bonds is 6. The molecule has 0 aliphatic carbocycles. The van der Waals surface area contributed by atoms with Gasteiger partial charge in [-0.2, -0.15) is 0 Å². The molecular formula is C20H19N3OS2. The highest BCUT2D eigenvalue weighted by molar-refractivity contribution is 7.99. The Kier molecular flexibility index (Phi) is 5.32. The minimum absolute atomic E-state index is 0.0194. The maximum Gasteiger partial charge on any atom is 0.234 e. The molecule has 4 rings (SSSR count). The van der Waals surface area contributed by atoms with E-state index in [0.29, 0.717) is 5.75 Å². The molecule has 0 saturated carbocycles. The summed E-state index contributed by atoms with van der Waals surface area (Å²) in [4.78, 5) is 16.9. The number of hydrogen-bond acceptors (Lipinski definition) is 4. The van der Waals surface area contributed by atoms with Crippen molar-refractivity contribution in [1.82, 2.24) is 9.55 Å². The van der Waals surface area contributed by atoms with Crippen molar-refractivity contribution in [3.05, 3.63) is 66.4 Å². The molecule has 4 nitrogen and oxygen atoms in total. The van der Waals surface area contributed by atoms with Crippen molar-refractivity contribution in [3.63, 3.8) is 0 Å². The molecule has 0 spiro atoms. The minimum Gasteiger partial charge on any atom is -0.325 e. The zero-order valence-electron chi connectivity index (χ0n) is 14.2. The molecule has 1 aromatic heterocycles. The van der Waals surface area contributed by atoms with E-state index in [9.17, 15) is 4.79 Å². The summed E-state index contributed by atoms with van der Waals surface area (Å²) in [5.74, 6) is 2.39. The molecule has 26 heavy (non-hydrogen) atoms. The van der Waals surface area contributed by atoms with Crippen LogP contribution in [0.1, 0.15) is 5.56 Å². The third kappa shape index (κ3) is 4.14. The molecule has 2 aromatic carbocycles. The highest BCUT2D eigenvalue weighted by atomic mass is 32.2. The lowest BCUT2D eigenvalue weighted by Gasteiger charge is -2.07. The van der Waals surface area contributed by atoms with Gasteiger partial charge in [-0.1, -0.05) is 54.2 Å². The second-order valence-corrected chi connectivity index (χ2v) is 8.11. The largest absolute Gasteiger partial charge is 0.325 e. The first kappa shape index (κ1) is 17.2. The number of aryl methyl sites for hydroxylation is 1. The molecule has 0 fully saturated rings. The second-order valence-electron chi connectivity index (χ2n) is 6.06. The molecule has 1 amide bonds. The van der Waals surface area contributed by atoms with E-state index < -0.39 is 0 Å². The molecule has 0 radical (unpaired) electrons. The fraction of sp³-hybridized carbons (Fsp3) is 0.200. The van der Waals surface area contributed by atoms with Crippen LogP contribution in [0.4, 0.5) is 5.69 Å². The number of benzene rings is 2. The van der Waals surface area contributed by atoms with Gasteiger partial charge in [-0.3, -0.25) is 4.79 Å². The van der Waals surface area contributed by atoms with E-state index in [2.05, 4.69) is 33.2 Å². The standard InChI is InChI=1S/C20H19N3OS2/c24-19(14-25-13-15-5-2-1-3-6-15)21-17-8-4-7-16(11-17)18-12-23-9-10-26-20(23)22-18/h1-8,11-12H,9-10,13-14H2,(H,21,24). The number of imidazole rings is 1. The lowest BCUT2D eigenvalue weighted by molar-refractivity contribution is -0.113. The summed E-state index contributed by atoms with van der Waals surface area (Å²) in [6.45, 7) is 1.02. The smallest absolute Gasteiger partial charge is 0.234 e. The first-order chi connectivity index (χ1) is 12.8. The summed E-state index contributed by atoms with van der Waals surface area (Å²) in [7, 11) is 0. The number of hydrogen-bond donors (Lipinski definition) is 1. The van der Waals surface area contributed by atoms with Crippen molar-refractivity contribution < 1.29 is 4.79 Å². The Morgan fingerprint density at radius 1 is 1.19 bits per heavy atom. The summed E-state index contributed by atoms with van der Waals surface area (Å²) in [6.07, 6.45) is 2.09. The molecule has 1 N–H and O–H groups in total. The van der Waals surface area contributed by atoms with Crippen LogP contribution in [0.15, 0.2) is 66.0 Å². The van der Waals surface area contributed by atoms with E-state index >= 15 is 0 Å². The lowest BCUT2D eigenvalue weighted by atomic mass is 10.1. The summed E-state index contributed by atoms with van der Waals surface area (Å²) in [6, 6.07) is 18.1. The van der Waals surface area contributed by atoms with Gasteiger partial charge in [0.15, 0.2) is 5.16 Å². The number of aromatic nitrogens is 2. The van der Waals surface area contributed by atoms with Gasteiger partial charge in [0.1, 0.15) is 0 Å². The topological polar surface area (TPSA) is 46.9 Å². The normalized spacial score (nSPS) is 12.8. The van der Waals surface area contributed by atoms with Gasteiger partial charge in [-0.05, 0) is 17.7 Å². The maximum atomic E-state index is 12.2. The highest BCUT2D eigenvalue weighted by Crippen LogP contribution is 2.29. The van der Waals surface area contributed by atoms with Gasteiger partial charge in [-0.25, -0.2) is 4.98 Å². The molecule has 3 aromatic rings. The van der Waals surface area contributed by atoms with E-state index in [1.807, 2.05) is 42.5 Å². The Bertz CT molecular complexity index is 887. The summed E-state index contributed by atoms with van der Waals surface area (Å²) in [5, 5.41) is 4.06. The molecule has 1 aliphatic heterocycles.